The Morgan fingerprint density at radius 3 is 1.82 bits per heavy atom. The highest BCUT2D eigenvalue weighted by Crippen LogP contribution is 2.37. The Morgan fingerprint density at radius 2 is 1.24 bits per heavy atom. The summed E-state index contributed by atoms with van der Waals surface area (Å²) >= 11 is 0. The SMILES string of the molecule is Oc1cc(O)cc(-c2cc(O)cc(F)c2O)c1. The van der Waals surface area contributed by atoms with E-state index >= 15 is 0 Å². The Bertz CT molecular complexity index is 561. The van der Waals surface area contributed by atoms with Gasteiger partial charge in [0.15, 0.2) is 11.6 Å². The molecule has 0 heterocycles. The number of halogens is 1. The lowest BCUT2D eigenvalue weighted by Gasteiger charge is -2.07. The van der Waals surface area contributed by atoms with Crippen LogP contribution in [0.5, 0.6) is 23.0 Å². The third kappa shape index (κ3) is 2.08. The van der Waals surface area contributed by atoms with Crippen LogP contribution in [-0.4, -0.2) is 20.4 Å². The Labute approximate surface area is 95.8 Å². The zero-order chi connectivity index (χ0) is 12.6. The van der Waals surface area contributed by atoms with E-state index in [9.17, 15) is 24.8 Å². The predicted octanol–water partition coefficient (Wildman–Crippen LogP) is 2.32. The number of hydrogen-bond acceptors (Lipinski definition) is 4. The molecule has 2 aromatic carbocycles. The van der Waals surface area contributed by atoms with Gasteiger partial charge in [0.05, 0.1) is 0 Å². The fraction of sp³-hybridized carbons (Fsp3) is 0. The molecule has 2 aromatic rings. The van der Waals surface area contributed by atoms with Gasteiger partial charge in [-0.25, -0.2) is 4.39 Å². The summed E-state index contributed by atoms with van der Waals surface area (Å²) in [6.07, 6.45) is 0. The molecule has 0 amide bonds. The predicted molar refractivity (Wildman–Crippen MR) is 58.5 cm³/mol. The van der Waals surface area contributed by atoms with Gasteiger partial charge in [0.2, 0.25) is 0 Å². The lowest BCUT2D eigenvalue weighted by Crippen LogP contribution is -1.84. The molecule has 0 saturated carbocycles. The van der Waals surface area contributed by atoms with Gasteiger partial charge >= 0.3 is 0 Å². The maximum absolute atomic E-state index is 13.2. The van der Waals surface area contributed by atoms with Crippen LogP contribution in [0.25, 0.3) is 11.1 Å². The molecule has 4 nitrogen and oxygen atoms in total. The van der Waals surface area contributed by atoms with Gasteiger partial charge in [-0.1, -0.05) is 0 Å². The number of benzene rings is 2. The van der Waals surface area contributed by atoms with E-state index < -0.39 is 11.6 Å². The van der Waals surface area contributed by atoms with Crippen molar-refractivity contribution >= 4 is 0 Å². The Hall–Kier alpha value is -2.43. The monoisotopic (exact) mass is 236 g/mol. The van der Waals surface area contributed by atoms with Crippen LogP contribution in [0, 0.1) is 5.82 Å². The van der Waals surface area contributed by atoms with E-state index in [0.29, 0.717) is 0 Å². The van der Waals surface area contributed by atoms with Crippen LogP contribution >= 0.6 is 0 Å². The molecule has 17 heavy (non-hydrogen) atoms. The van der Waals surface area contributed by atoms with Crippen molar-refractivity contribution in [2.45, 2.75) is 0 Å². The Kier molecular flexibility index (Phi) is 2.51. The summed E-state index contributed by atoms with van der Waals surface area (Å²) in [5.41, 5.74) is 0.170. The summed E-state index contributed by atoms with van der Waals surface area (Å²) in [5.74, 6) is -2.47. The minimum Gasteiger partial charge on any atom is -0.508 e. The van der Waals surface area contributed by atoms with Crippen LogP contribution in [0.15, 0.2) is 30.3 Å². The zero-order valence-electron chi connectivity index (χ0n) is 8.55. The van der Waals surface area contributed by atoms with Crippen molar-refractivity contribution in [3.63, 3.8) is 0 Å². The van der Waals surface area contributed by atoms with Gasteiger partial charge in [0, 0.05) is 17.7 Å². The van der Waals surface area contributed by atoms with Crippen molar-refractivity contribution in [3.05, 3.63) is 36.1 Å². The van der Waals surface area contributed by atoms with E-state index in [1.807, 2.05) is 0 Å². The molecular weight excluding hydrogens is 227 g/mol. The number of rotatable bonds is 1. The second-order valence-corrected chi connectivity index (χ2v) is 3.56. The molecular formula is C12H9FO4. The van der Waals surface area contributed by atoms with Crippen LogP contribution in [0.4, 0.5) is 4.39 Å². The maximum atomic E-state index is 13.2. The molecule has 4 N–H and O–H groups in total. The van der Waals surface area contributed by atoms with Gasteiger partial charge in [0.25, 0.3) is 0 Å². The lowest BCUT2D eigenvalue weighted by atomic mass is 10.0. The van der Waals surface area contributed by atoms with Crippen molar-refractivity contribution in [3.8, 4) is 34.1 Å². The summed E-state index contributed by atoms with van der Waals surface area (Å²) in [7, 11) is 0. The fourth-order valence-corrected chi connectivity index (χ4v) is 1.56. The average molecular weight is 236 g/mol. The second-order valence-electron chi connectivity index (χ2n) is 3.56. The first-order valence-electron chi connectivity index (χ1n) is 4.72. The largest absolute Gasteiger partial charge is 0.508 e. The minimum atomic E-state index is -0.983. The van der Waals surface area contributed by atoms with E-state index in [4.69, 9.17) is 0 Å². The third-order valence-electron chi connectivity index (χ3n) is 2.26. The first-order valence-corrected chi connectivity index (χ1v) is 4.72. The van der Waals surface area contributed by atoms with Gasteiger partial charge in [-0.3, -0.25) is 0 Å². The summed E-state index contributed by atoms with van der Waals surface area (Å²) in [5, 5.41) is 37.3. The van der Waals surface area contributed by atoms with Crippen molar-refractivity contribution in [1.29, 1.82) is 0 Å². The highest BCUT2D eigenvalue weighted by molar-refractivity contribution is 5.74. The number of phenolic OH excluding ortho intramolecular Hbond substituents is 4. The molecule has 0 bridgehead atoms. The van der Waals surface area contributed by atoms with Gasteiger partial charge in [-0.2, -0.15) is 0 Å². The van der Waals surface area contributed by atoms with Crippen LogP contribution in [0.3, 0.4) is 0 Å². The maximum Gasteiger partial charge on any atom is 0.169 e. The molecule has 0 aliphatic heterocycles. The van der Waals surface area contributed by atoms with Crippen LogP contribution < -0.4 is 0 Å². The molecule has 0 atom stereocenters. The van der Waals surface area contributed by atoms with Gasteiger partial charge in [-0.15, -0.1) is 0 Å². The van der Waals surface area contributed by atoms with Crippen molar-refractivity contribution in [1.82, 2.24) is 0 Å². The molecule has 2 rings (SSSR count). The molecule has 0 aromatic heterocycles. The first-order chi connectivity index (χ1) is 7.97. The van der Waals surface area contributed by atoms with Gasteiger partial charge in [0.1, 0.15) is 17.2 Å². The van der Waals surface area contributed by atoms with E-state index in [1.165, 1.54) is 12.1 Å². The molecule has 0 radical (unpaired) electrons. The molecule has 0 fully saturated rings. The molecule has 0 aliphatic carbocycles. The zero-order valence-corrected chi connectivity index (χ0v) is 8.55. The van der Waals surface area contributed by atoms with E-state index in [-0.39, 0.29) is 28.4 Å². The number of aromatic hydroxyl groups is 4. The molecule has 0 saturated heterocycles. The Balaban J connectivity index is 2.67. The van der Waals surface area contributed by atoms with E-state index in [2.05, 4.69) is 0 Å². The molecule has 0 aliphatic rings. The van der Waals surface area contributed by atoms with E-state index in [0.717, 1.165) is 18.2 Å². The molecule has 88 valence electrons. The van der Waals surface area contributed by atoms with Gasteiger partial charge in [-0.05, 0) is 23.8 Å². The standard InChI is InChI=1S/C12H9FO4/c13-11-5-9(16)4-10(12(11)17)6-1-7(14)3-8(15)2-6/h1-5,14-17H. The number of phenols is 4. The number of hydrogen-bond donors (Lipinski definition) is 4. The summed E-state index contributed by atoms with van der Waals surface area (Å²) < 4.78 is 13.2. The van der Waals surface area contributed by atoms with Crippen molar-refractivity contribution < 1.29 is 24.8 Å². The normalized spacial score (nSPS) is 10.4. The van der Waals surface area contributed by atoms with Crippen molar-refractivity contribution in [2.24, 2.45) is 0 Å². The summed E-state index contributed by atoms with van der Waals surface area (Å²) in [6, 6.07) is 5.45. The quantitative estimate of drug-likeness (QED) is 0.573. The molecule has 0 spiro atoms. The highest BCUT2D eigenvalue weighted by atomic mass is 19.1. The summed E-state index contributed by atoms with van der Waals surface area (Å²) in [4.78, 5) is 0. The van der Waals surface area contributed by atoms with Crippen molar-refractivity contribution in [2.75, 3.05) is 0 Å². The fourth-order valence-electron chi connectivity index (χ4n) is 1.56. The smallest absolute Gasteiger partial charge is 0.169 e. The second kappa shape index (κ2) is 3.86. The van der Waals surface area contributed by atoms with Crippen LogP contribution in [0.1, 0.15) is 0 Å². The van der Waals surface area contributed by atoms with E-state index in [1.54, 1.807) is 0 Å². The summed E-state index contributed by atoms with van der Waals surface area (Å²) in [6.45, 7) is 0. The van der Waals surface area contributed by atoms with Crippen LogP contribution in [0.2, 0.25) is 0 Å². The Morgan fingerprint density at radius 1 is 0.706 bits per heavy atom. The molecule has 5 heteroatoms. The highest BCUT2D eigenvalue weighted by Gasteiger charge is 2.12. The lowest BCUT2D eigenvalue weighted by molar-refractivity contribution is 0.423. The first kappa shape index (κ1) is 11.1. The third-order valence-corrected chi connectivity index (χ3v) is 2.26. The average Bonchev–Trinajstić information content (AvgIpc) is 2.22. The minimum absolute atomic E-state index is 0.0197. The molecule has 0 unspecified atom stereocenters. The topological polar surface area (TPSA) is 80.9 Å². The van der Waals surface area contributed by atoms with Gasteiger partial charge < -0.3 is 20.4 Å². The van der Waals surface area contributed by atoms with Crippen LogP contribution in [-0.2, 0) is 0 Å².